The van der Waals surface area contributed by atoms with Gasteiger partial charge in [0.2, 0.25) is 11.6 Å². The van der Waals surface area contributed by atoms with E-state index in [1.165, 1.54) is 12.4 Å². The third kappa shape index (κ3) is 1.85. The van der Waals surface area contributed by atoms with Crippen LogP contribution in [-0.4, -0.2) is 20.9 Å². The minimum absolute atomic E-state index is 0.00595. The van der Waals surface area contributed by atoms with E-state index in [4.69, 9.17) is 4.42 Å². The monoisotopic (exact) mass is 254 g/mol. The Balaban J connectivity index is 2.16. The highest BCUT2D eigenvalue weighted by molar-refractivity contribution is 6.09. The van der Waals surface area contributed by atoms with Gasteiger partial charge in [-0.1, -0.05) is 11.6 Å². The molecule has 94 valence electrons. The molecule has 0 saturated carbocycles. The van der Waals surface area contributed by atoms with Crippen LogP contribution in [0.2, 0.25) is 0 Å². The molecule has 3 rings (SSSR count). The third-order valence-electron chi connectivity index (χ3n) is 2.79. The fourth-order valence-electron chi connectivity index (χ4n) is 1.87. The second-order valence-electron chi connectivity index (χ2n) is 4.18. The number of carbonyl (C=O) groups excluding carboxylic acids is 1. The normalized spacial score (nSPS) is 10.8. The lowest BCUT2D eigenvalue weighted by atomic mass is 10.1. The molecule has 1 aromatic carbocycles. The van der Waals surface area contributed by atoms with Crippen molar-refractivity contribution in [3.63, 3.8) is 0 Å². The molecule has 19 heavy (non-hydrogen) atoms. The van der Waals surface area contributed by atoms with Gasteiger partial charge in [0.15, 0.2) is 5.75 Å². The molecule has 5 heteroatoms. The van der Waals surface area contributed by atoms with Gasteiger partial charge in [-0.05, 0) is 25.1 Å². The van der Waals surface area contributed by atoms with E-state index in [-0.39, 0.29) is 17.3 Å². The Bertz CT molecular complexity index is 763. The number of aryl methyl sites for hydroxylation is 1. The molecule has 0 fully saturated rings. The molecule has 3 aromatic rings. The van der Waals surface area contributed by atoms with Crippen LogP contribution in [0, 0.1) is 6.92 Å². The zero-order chi connectivity index (χ0) is 13.4. The summed E-state index contributed by atoms with van der Waals surface area (Å²) < 4.78 is 5.39. The van der Waals surface area contributed by atoms with Crippen LogP contribution in [0.25, 0.3) is 11.0 Å². The van der Waals surface area contributed by atoms with Crippen LogP contribution in [0.1, 0.15) is 21.9 Å². The zero-order valence-electron chi connectivity index (χ0n) is 10.1. The van der Waals surface area contributed by atoms with Gasteiger partial charge in [0.1, 0.15) is 5.58 Å². The first kappa shape index (κ1) is 11.4. The van der Waals surface area contributed by atoms with Gasteiger partial charge in [0, 0.05) is 12.4 Å². The summed E-state index contributed by atoms with van der Waals surface area (Å²) in [6.07, 6.45) is 2.92. The van der Waals surface area contributed by atoms with Crippen LogP contribution >= 0.6 is 0 Å². The number of rotatable bonds is 2. The van der Waals surface area contributed by atoms with Gasteiger partial charge in [0.05, 0.1) is 5.39 Å². The molecule has 0 aliphatic heterocycles. The van der Waals surface area contributed by atoms with Crippen LogP contribution in [-0.2, 0) is 0 Å². The van der Waals surface area contributed by atoms with Gasteiger partial charge < -0.3 is 9.52 Å². The predicted molar refractivity (Wildman–Crippen MR) is 68.1 cm³/mol. The maximum atomic E-state index is 12.1. The van der Waals surface area contributed by atoms with Crippen molar-refractivity contribution in [1.82, 2.24) is 9.97 Å². The van der Waals surface area contributed by atoms with E-state index in [9.17, 15) is 9.90 Å². The summed E-state index contributed by atoms with van der Waals surface area (Å²) in [5, 5.41) is 10.6. The Hall–Kier alpha value is -2.69. The van der Waals surface area contributed by atoms with Crippen molar-refractivity contribution in [2.75, 3.05) is 0 Å². The van der Waals surface area contributed by atoms with E-state index in [1.807, 2.05) is 13.0 Å². The molecule has 5 nitrogen and oxygen atoms in total. The van der Waals surface area contributed by atoms with Crippen LogP contribution < -0.4 is 0 Å². The summed E-state index contributed by atoms with van der Waals surface area (Å²) in [5.41, 5.74) is 1.43. The molecule has 0 bridgehead atoms. The number of nitrogens with zero attached hydrogens (tertiary/aromatic N) is 2. The summed E-state index contributed by atoms with van der Waals surface area (Å²) in [6, 6.07) is 6.93. The van der Waals surface area contributed by atoms with Gasteiger partial charge in [-0.15, -0.1) is 0 Å². The zero-order valence-corrected chi connectivity index (χ0v) is 10.1. The van der Waals surface area contributed by atoms with Gasteiger partial charge in [-0.3, -0.25) is 4.79 Å². The Kier molecular flexibility index (Phi) is 2.52. The largest absolute Gasteiger partial charge is 0.504 e. The highest BCUT2D eigenvalue weighted by Crippen LogP contribution is 2.33. The van der Waals surface area contributed by atoms with Gasteiger partial charge in [-0.2, -0.15) is 0 Å². The predicted octanol–water partition coefficient (Wildman–Crippen LogP) is 2.47. The molecule has 0 spiro atoms. The molecule has 2 heterocycles. The molecule has 0 atom stereocenters. The lowest BCUT2D eigenvalue weighted by Gasteiger charge is -1.95. The number of ketones is 1. The van der Waals surface area contributed by atoms with E-state index in [0.717, 1.165) is 5.56 Å². The average Bonchev–Trinajstić information content (AvgIpc) is 2.76. The van der Waals surface area contributed by atoms with Crippen molar-refractivity contribution < 1.29 is 14.3 Å². The number of benzene rings is 1. The van der Waals surface area contributed by atoms with E-state index in [1.54, 1.807) is 18.2 Å². The van der Waals surface area contributed by atoms with Crippen LogP contribution in [0.4, 0.5) is 0 Å². The second-order valence-corrected chi connectivity index (χ2v) is 4.18. The third-order valence-corrected chi connectivity index (χ3v) is 2.79. The highest BCUT2D eigenvalue weighted by Gasteiger charge is 2.23. The second kappa shape index (κ2) is 4.20. The van der Waals surface area contributed by atoms with Gasteiger partial charge >= 0.3 is 0 Å². The Labute approximate surface area is 108 Å². The highest BCUT2D eigenvalue weighted by atomic mass is 16.4. The maximum Gasteiger partial charge on any atom is 0.269 e. The summed E-state index contributed by atoms with van der Waals surface area (Å²) in [7, 11) is 0. The summed E-state index contributed by atoms with van der Waals surface area (Å²) in [6.45, 7) is 1.90. The molecule has 0 aliphatic rings. The summed E-state index contributed by atoms with van der Waals surface area (Å²) >= 11 is 0. The molecule has 2 aromatic heterocycles. The van der Waals surface area contributed by atoms with Gasteiger partial charge in [0.25, 0.3) is 5.78 Å². The van der Waals surface area contributed by atoms with E-state index in [0.29, 0.717) is 11.0 Å². The number of aromatic hydroxyl groups is 1. The molecule has 0 unspecified atom stereocenters. The van der Waals surface area contributed by atoms with E-state index in [2.05, 4.69) is 9.97 Å². The van der Waals surface area contributed by atoms with Crippen molar-refractivity contribution in [3.05, 3.63) is 53.8 Å². The summed E-state index contributed by atoms with van der Waals surface area (Å²) in [5.74, 6) is -0.844. The standard InChI is InChI=1S/C14H10N2O3/c1-8-3-4-10-9(7-8)11(17)13(19-10)12(18)14-15-5-2-6-16-14/h2-7,17H,1H3. The number of aromatic nitrogens is 2. The van der Waals surface area contributed by atoms with Crippen molar-refractivity contribution in [3.8, 4) is 5.75 Å². The van der Waals surface area contributed by atoms with Crippen LogP contribution in [0.15, 0.2) is 41.1 Å². The number of carbonyl (C=O) groups is 1. The Morgan fingerprint density at radius 1 is 1.26 bits per heavy atom. The number of hydrogen-bond acceptors (Lipinski definition) is 5. The lowest BCUT2D eigenvalue weighted by molar-refractivity contribution is 0.0998. The first-order chi connectivity index (χ1) is 9.16. The van der Waals surface area contributed by atoms with Crippen LogP contribution in [0.5, 0.6) is 5.75 Å². The number of furan rings is 1. The molecule has 0 saturated heterocycles. The smallest absolute Gasteiger partial charge is 0.269 e. The van der Waals surface area contributed by atoms with Crippen molar-refractivity contribution in [1.29, 1.82) is 0 Å². The minimum Gasteiger partial charge on any atom is -0.504 e. The molecular formula is C14H10N2O3. The topological polar surface area (TPSA) is 76.2 Å². The molecule has 0 amide bonds. The fourth-order valence-corrected chi connectivity index (χ4v) is 1.87. The van der Waals surface area contributed by atoms with Crippen LogP contribution in [0.3, 0.4) is 0 Å². The van der Waals surface area contributed by atoms with E-state index < -0.39 is 5.78 Å². The fraction of sp³-hybridized carbons (Fsp3) is 0.0714. The minimum atomic E-state index is -0.535. The number of fused-ring (bicyclic) bond motifs is 1. The van der Waals surface area contributed by atoms with Crippen molar-refractivity contribution >= 4 is 16.8 Å². The summed E-state index contributed by atoms with van der Waals surface area (Å²) in [4.78, 5) is 19.8. The number of hydrogen-bond donors (Lipinski definition) is 1. The van der Waals surface area contributed by atoms with Crippen molar-refractivity contribution in [2.24, 2.45) is 0 Å². The molecule has 0 aliphatic carbocycles. The SMILES string of the molecule is Cc1ccc2oc(C(=O)c3ncccn3)c(O)c2c1. The quantitative estimate of drug-likeness (QED) is 0.711. The van der Waals surface area contributed by atoms with E-state index >= 15 is 0 Å². The average molecular weight is 254 g/mol. The first-order valence-electron chi connectivity index (χ1n) is 5.70. The maximum absolute atomic E-state index is 12.1. The van der Waals surface area contributed by atoms with Gasteiger partial charge in [-0.25, -0.2) is 9.97 Å². The Morgan fingerprint density at radius 3 is 2.74 bits per heavy atom. The first-order valence-corrected chi connectivity index (χ1v) is 5.70. The molecule has 1 N–H and O–H groups in total. The Morgan fingerprint density at radius 2 is 2.00 bits per heavy atom. The molecular weight excluding hydrogens is 244 g/mol. The molecule has 0 radical (unpaired) electrons. The lowest BCUT2D eigenvalue weighted by Crippen LogP contribution is -2.05. The van der Waals surface area contributed by atoms with Crippen molar-refractivity contribution in [2.45, 2.75) is 6.92 Å².